The first-order valence-electron chi connectivity index (χ1n) is 6.65. The zero-order valence-corrected chi connectivity index (χ0v) is 11.7. The molecule has 0 spiro atoms. The Bertz CT molecular complexity index is 983. The summed E-state index contributed by atoms with van der Waals surface area (Å²) in [7, 11) is 0. The minimum absolute atomic E-state index is 0.0915. The van der Waals surface area contributed by atoms with Crippen LogP contribution in [0.1, 0.15) is 16.1 Å². The van der Waals surface area contributed by atoms with Gasteiger partial charge in [-0.2, -0.15) is 5.10 Å². The van der Waals surface area contributed by atoms with Gasteiger partial charge in [0.1, 0.15) is 0 Å². The summed E-state index contributed by atoms with van der Waals surface area (Å²) in [5.41, 5.74) is -0.988. The molecule has 0 aliphatic heterocycles. The molecule has 0 fully saturated rings. The molecule has 0 amide bonds. The van der Waals surface area contributed by atoms with E-state index in [1.807, 2.05) is 0 Å². The molecule has 0 atom stereocenters. The van der Waals surface area contributed by atoms with Gasteiger partial charge in [0, 0.05) is 10.9 Å². The van der Waals surface area contributed by atoms with Gasteiger partial charge in [-0.25, -0.2) is 18.3 Å². The second-order valence-corrected chi connectivity index (χ2v) is 4.88. The lowest BCUT2D eigenvalue weighted by Gasteiger charge is -2.09. The van der Waals surface area contributed by atoms with E-state index in [0.29, 0.717) is 0 Å². The average molecular weight is 316 g/mol. The Hall–Kier alpha value is -3.09. The van der Waals surface area contributed by atoms with Crippen molar-refractivity contribution in [3.8, 4) is 0 Å². The first kappa shape index (κ1) is 14.8. The highest BCUT2D eigenvalue weighted by molar-refractivity contribution is 6.01. The van der Waals surface area contributed by atoms with Crippen LogP contribution in [0.4, 0.5) is 8.78 Å². The average Bonchev–Trinajstić information content (AvgIpc) is 2.54. The monoisotopic (exact) mass is 316 g/mol. The first-order chi connectivity index (χ1) is 11.0. The summed E-state index contributed by atoms with van der Waals surface area (Å²) in [6.07, 6.45) is 0. The predicted octanol–water partition coefficient (Wildman–Crippen LogP) is 2.42. The van der Waals surface area contributed by atoms with Crippen LogP contribution in [-0.2, 0) is 6.54 Å². The number of carboxylic acids is 1. The molecular formula is C16H10F2N2O3. The molecule has 3 aromatic rings. The van der Waals surface area contributed by atoms with Crippen LogP contribution in [0.5, 0.6) is 0 Å². The van der Waals surface area contributed by atoms with E-state index in [4.69, 9.17) is 0 Å². The molecule has 0 aliphatic carbocycles. The van der Waals surface area contributed by atoms with Gasteiger partial charge in [0.25, 0.3) is 5.56 Å². The Morgan fingerprint density at radius 2 is 1.78 bits per heavy atom. The van der Waals surface area contributed by atoms with Gasteiger partial charge in [0.05, 0.1) is 11.9 Å². The number of aromatic nitrogens is 2. The van der Waals surface area contributed by atoms with Crippen molar-refractivity contribution in [3.05, 3.63) is 75.7 Å². The molecule has 1 heterocycles. The highest BCUT2D eigenvalue weighted by Crippen LogP contribution is 2.15. The predicted molar refractivity (Wildman–Crippen MR) is 78.4 cm³/mol. The Kier molecular flexibility index (Phi) is 3.61. The molecule has 0 radical (unpaired) electrons. The molecule has 0 saturated heterocycles. The third-order valence-electron chi connectivity index (χ3n) is 3.42. The molecule has 0 bridgehead atoms. The number of hydrogen-bond acceptors (Lipinski definition) is 3. The van der Waals surface area contributed by atoms with Gasteiger partial charge < -0.3 is 5.11 Å². The first-order valence-corrected chi connectivity index (χ1v) is 6.65. The van der Waals surface area contributed by atoms with E-state index in [1.165, 1.54) is 24.3 Å². The fraction of sp³-hybridized carbons (Fsp3) is 0.0625. The van der Waals surface area contributed by atoms with Crippen molar-refractivity contribution in [1.82, 2.24) is 9.78 Å². The van der Waals surface area contributed by atoms with Gasteiger partial charge >= 0.3 is 5.97 Å². The topological polar surface area (TPSA) is 72.2 Å². The summed E-state index contributed by atoms with van der Waals surface area (Å²) >= 11 is 0. The molecule has 116 valence electrons. The van der Waals surface area contributed by atoms with Crippen LogP contribution in [0.3, 0.4) is 0 Å². The van der Waals surface area contributed by atoms with Gasteiger partial charge in [-0.15, -0.1) is 0 Å². The van der Waals surface area contributed by atoms with Gasteiger partial charge in [-0.1, -0.05) is 30.3 Å². The second kappa shape index (κ2) is 5.60. The lowest BCUT2D eigenvalue weighted by molar-refractivity contribution is 0.0690. The van der Waals surface area contributed by atoms with Gasteiger partial charge in [0.15, 0.2) is 17.3 Å². The smallest absolute Gasteiger partial charge is 0.357 e. The van der Waals surface area contributed by atoms with Crippen LogP contribution in [0.15, 0.2) is 47.3 Å². The van der Waals surface area contributed by atoms with E-state index in [0.717, 1.165) is 10.7 Å². The summed E-state index contributed by atoms with van der Waals surface area (Å²) in [6, 6.07) is 9.68. The zero-order valence-electron chi connectivity index (χ0n) is 11.7. The van der Waals surface area contributed by atoms with Crippen molar-refractivity contribution in [2.75, 3.05) is 0 Å². The van der Waals surface area contributed by atoms with Gasteiger partial charge in [-0.3, -0.25) is 4.79 Å². The number of aromatic carboxylic acids is 1. The minimum Gasteiger partial charge on any atom is -0.476 e. The van der Waals surface area contributed by atoms with Crippen molar-refractivity contribution in [1.29, 1.82) is 0 Å². The molecule has 0 saturated carbocycles. The Balaban J connectivity index is 2.22. The molecule has 3 rings (SSSR count). The molecular weight excluding hydrogens is 306 g/mol. The normalized spacial score (nSPS) is 10.9. The SMILES string of the molecule is O=C(O)c1nn(Cc2cccc(F)c2F)c(=O)c2ccccc12. The van der Waals surface area contributed by atoms with Crippen molar-refractivity contribution < 1.29 is 18.7 Å². The molecule has 1 aromatic heterocycles. The highest BCUT2D eigenvalue weighted by atomic mass is 19.2. The van der Waals surface area contributed by atoms with Crippen molar-refractivity contribution in [2.24, 2.45) is 0 Å². The van der Waals surface area contributed by atoms with Crippen LogP contribution in [-0.4, -0.2) is 20.9 Å². The largest absolute Gasteiger partial charge is 0.476 e. The van der Waals surface area contributed by atoms with Crippen LogP contribution in [0, 0.1) is 11.6 Å². The van der Waals surface area contributed by atoms with E-state index < -0.39 is 23.2 Å². The van der Waals surface area contributed by atoms with E-state index in [9.17, 15) is 23.5 Å². The Labute approximate surface area is 128 Å². The minimum atomic E-state index is -1.31. The number of halogens is 2. The number of carbonyl (C=O) groups is 1. The molecule has 5 nitrogen and oxygen atoms in total. The lowest BCUT2D eigenvalue weighted by atomic mass is 10.1. The highest BCUT2D eigenvalue weighted by Gasteiger charge is 2.17. The fourth-order valence-electron chi connectivity index (χ4n) is 2.33. The molecule has 1 N–H and O–H groups in total. The third-order valence-corrected chi connectivity index (χ3v) is 3.42. The Morgan fingerprint density at radius 1 is 1.09 bits per heavy atom. The van der Waals surface area contributed by atoms with E-state index in [-0.39, 0.29) is 28.6 Å². The fourth-order valence-corrected chi connectivity index (χ4v) is 2.33. The van der Waals surface area contributed by atoms with Crippen LogP contribution in [0.25, 0.3) is 10.8 Å². The van der Waals surface area contributed by atoms with E-state index in [1.54, 1.807) is 12.1 Å². The quantitative estimate of drug-likeness (QED) is 0.805. The van der Waals surface area contributed by atoms with Crippen LogP contribution < -0.4 is 5.56 Å². The van der Waals surface area contributed by atoms with E-state index >= 15 is 0 Å². The maximum atomic E-state index is 13.8. The van der Waals surface area contributed by atoms with Crippen LogP contribution in [0.2, 0.25) is 0 Å². The van der Waals surface area contributed by atoms with Crippen molar-refractivity contribution in [2.45, 2.75) is 6.54 Å². The number of fused-ring (bicyclic) bond motifs is 1. The van der Waals surface area contributed by atoms with E-state index in [2.05, 4.69) is 5.10 Å². The summed E-state index contributed by atoms with van der Waals surface area (Å²) in [6.45, 7) is -0.368. The maximum absolute atomic E-state index is 13.8. The number of carboxylic acid groups (broad SMARTS) is 1. The number of benzene rings is 2. The Morgan fingerprint density at radius 3 is 2.48 bits per heavy atom. The lowest BCUT2D eigenvalue weighted by Crippen LogP contribution is -2.27. The zero-order chi connectivity index (χ0) is 16.6. The standard InChI is InChI=1S/C16H10F2N2O3/c17-12-7-3-4-9(13(12)18)8-20-15(21)11-6-2-1-5-10(11)14(19-20)16(22)23/h1-7H,8H2,(H,22,23). The second-order valence-electron chi connectivity index (χ2n) is 4.88. The molecule has 7 heteroatoms. The van der Waals surface area contributed by atoms with Crippen molar-refractivity contribution >= 4 is 16.7 Å². The summed E-state index contributed by atoms with van der Waals surface area (Å²) < 4.78 is 27.8. The number of rotatable bonds is 3. The number of hydrogen-bond donors (Lipinski definition) is 1. The van der Waals surface area contributed by atoms with Crippen LogP contribution >= 0.6 is 0 Å². The molecule has 2 aromatic carbocycles. The summed E-state index contributed by atoms with van der Waals surface area (Å²) in [5.74, 6) is -3.45. The summed E-state index contributed by atoms with van der Waals surface area (Å²) in [5, 5.41) is 13.4. The molecule has 0 unspecified atom stereocenters. The molecule has 23 heavy (non-hydrogen) atoms. The number of nitrogens with zero attached hydrogens (tertiary/aromatic N) is 2. The van der Waals surface area contributed by atoms with Crippen molar-refractivity contribution in [3.63, 3.8) is 0 Å². The van der Waals surface area contributed by atoms with Gasteiger partial charge in [0.2, 0.25) is 0 Å². The van der Waals surface area contributed by atoms with Gasteiger partial charge in [-0.05, 0) is 12.1 Å². The third kappa shape index (κ3) is 2.57. The summed E-state index contributed by atoms with van der Waals surface area (Å²) in [4.78, 5) is 23.7. The molecule has 0 aliphatic rings. The maximum Gasteiger partial charge on any atom is 0.357 e.